The molecule has 0 aliphatic heterocycles. The second-order valence-corrected chi connectivity index (χ2v) is 7.94. The summed E-state index contributed by atoms with van der Waals surface area (Å²) in [6.07, 6.45) is -11.9. The van der Waals surface area contributed by atoms with E-state index in [-0.39, 0.29) is 27.9 Å². The van der Waals surface area contributed by atoms with Crippen molar-refractivity contribution in [1.29, 1.82) is 0 Å². The van der Waals surface area contributed by atoms with E-state index in [1.54, 1.807) is 6.07 Å². The van der Waals surface area contributed by atoms with Crippen LogP contribution in [0.5, 0.6) is 0 Å². The summed E-state index contributed by atoms with van der Waals surface area (Å²) in [5.41, 5.74) is -5.93. The molecule has 10 heteroatoms. The zero-order valence-corrected chi connectivity index (χ0v) is 18.2. The normalized spacial score (nSPS) is 12.7. The van der Waals surface area contributed by atoms with Gasteiger partial charge in [0.2, 0.25) is 0 Å². The van der Waals surface area contributed by atoms with Crippen molar-refractivity contribution in [1.82, 2.24) is 4.98 Å². The van der Waals surface area contributed by atoms with Crippen LogP contribution in [0.1, 0.15) is 11.3 Å². The Morgan fingerprint density at radius 3 is 1.64 bits per heavy atom. The van der Waals surface area contributed by atoms with Gasteiger partial charge in [0.15, 0.2) is 0 Å². The molecule has 0 amide bonds. The number of rotatable bonds is 6. The molecule has 1 heterocycles. The predicted octanol–water partition coefficient (Wildman–Crippen LogP) is 8.16. The first-order chi connectivity index (χ1) is 16.9. The van der Waals surface area contributed by atoms with Crippen LogP contribution in [-0.4, -0.2) is 17.3 Å². The van der Waals surface area contributed by atoms with Gasteiger partial charge in [-0.05, 0) is 59.2 Å². The summed E-state index contributed by atoms with van der Waals surface area (Å²) >= 11 is 0. The summed E-state index contributed by atoms with van der Waals surface area (Å²) in [7, 11) is 0. The molecule has 36 heavy (non-hydrogen) atoms. The summed E-state index contributed by atoms with van der Waals surface area (Å²) < 4.78 is 118. The van der Waals surface area contributed by atoms with Crippen LogP contribution in [0.3, 0.4) is 0 Å². The highest BCUT2D eigenvalue weighted by atomic mass is 19.4. The Bertz CT molecular complexity index is 1230. The van der Waals surface area contributed by atoms with Gasteiger partial charge >= 0.3 is 12.4 Å². The molecule has 0 aliphatic rings. The van der Waals surface area contributed by atoms with Crippen LogP contribution in [0.2, 0.25) is 0 Å². The molecule has 4 aromatic rings. The van der Waals surface area contributed by atoms with Gasteiger partial charge in [0, 0.05) is 5.56 Å². The SMILES string of the molecule is Fc1ccc(-c2cc(C(OCc3ccccc3)(C(F)(F)F)C(F)(F)F)[nH]c2-c2ccc(F)cc2)cc1. The Hall–Kier alpha value is -3.66. The van der Waals surface area contributed by atoms with E-state index in [9.17, 15) is 35.1 Å². The van der Waals surface area contributed by atoms with E-state index in [1.165, 1.54) is 48.5 Å². The maximum Gasteiger partial charge on any atom is 0.432 e. The van der Waals surface area contributed by atoms with Crippen LogP contribution in [-0.2, 0) is 16.9 Å². The van der Waals surface area contributed by atoms with Crippen molar-refractivity contribution < 1.29 is 39.9 Å². The number of benzene rings is 3. The lowest BCUT2D eigenvalue weighted by Crippen LogP contribution is -2.56. The second-order valence-electron chi connectivity index (χ2n) is 7.94. The van der Waals surface area contributed by atoms with Gasteiger partial charge in [0.05, 0.1) is 18.0 Å². The lowest BCUT2D eigenvalue weighted by molar-refractivity contribution is -0.393. The third-order valence-electron chi connectivity index (χ3n) is 5.58. The minimum atomic E-state index is -5.93. The minimum Gasteiger partial charge on any atom is -0.355 e. The second kappa shape index (κ2) is 9.42. The number of ether oxygens (including phenoxy) is 1. The van der Waals surface area contributed by atoms with E-state index in [2.05, 4.69) is 4.98 Å². The van der Waals surface area contributed by atoms with E-state index in [0.29, 0.717) is 6.07 Å². The molecule has 0 fully saturated rings. The van der Waals surface area contributed by atoms with Crippen molar-refractivity contribution >= 4 is 0 Å². The predicted molar refractivity (Wildman–Crippen MR) is 117 cm³/mol. The van der Waals surface area contributed by atoms with Gasteiger partial charge in [-0.3, -0.25) is 0 Å². The topological polar surface area (TPSA) is 25.0 Å². The van der Waals surface area contributed by atoms with Crippen LogP contribution in [0, 0.1) is 11.6 Å². The number of aromatic nitrogens is 1. The highest BCUT2D eigenvalue weighted by molar-refractivity contribution is 5.82. The number of nitrogens with one attached hydrogen (secondary N) is 1. The van der Waals surface area contributed by atoms with Crippen LogP contribution in [0.15, 0.2) is 84.9 Å². The Balaban J connectivity index is 1.94. The van der Waals surface area contributed by atoms with Crippen molar-refractivity contribution in [2.24, 2.45) is 0 Å². The number of alkyl halides is 6. The molecule has 3 aromatic carbocycles. The van der Waals surface area contributed by atoms with Crippen LogP contribution in [0.25, 0.3) is 22.4 Å². The Labute approximate surface area is 200 Å². The molecule has 2 nitrogen and oxygen atoms in total. The lowest BCUT2D eigenvalue weighted by atomic mass is 9.95. The van der Waals surface area contributed by atoms with Gasteiger partial charge in [-0.15, -0.1) is 0 Å². The number of H-pyrrole nitrogens is 1. The number of hydrogen-bond acceptors (Lipinski definition) is 1. The molecule has 0 aliphatic carbocycles. The highest BCUT2D eigenvalue weighted by Crippen LogP contribution is 2.54. The van der Waals surface area contributed by atoms with E-state index >= 15 is 0 Å². The molecule has 0 spiro atoms. The molecular formula is C26H17F8NO. The number of aromatic amines is 1. The average Bonchev–Trinajstić information content (AvgIpc) is 3.24. The smallest absolute Gasteiger partial charge is 0.355 e. The average molecular weight is 511 g/mol. The van der Waals surface area contributed by atoms with Crippen LogP contribution in [0.4, 0.5) is 35.1 Å². The zero-order chi connectivity index (χ0) is 26.1. The lowest BCUT2D eigenvalue weighted by Gasteiger charge is -2.36. The standard InChI is InChI=1S/C26H17F8NO/c27-19-10-6-17(7-11-19)21-14-22(35-23(21)18-8-12-20(28)13-9-18)24(25(29,30)31,26(32,33)34)36-15-16-4-2-1-3-5-16/h1-14,35H,15H2. The first-order valence-electron chi connectivity index (χ1n) is 10.5. The summed E-state index contributed by atoms with van der Waals surface area (Å²) in [5, 5.41) is 0. The summed E-state index contributed by atoms with van der Waals surface area (Å²) in [4.78, 5) is 2.24. The van der Waals surface area contributed by atoms with Gasteiger partial charge in [-0.2, -0.15) is 26.3 Å². The highest BCUT2D eigenvalue weighted by Gasteiger charge is 2.74. The minimum absolute atomic E-state index is 0.0854. The first-order valence-corrected chi connectivity index (χ1v) is 10.5. The molecule has 1 aromatic heterocycles. The molecule has 0 atom stereocenters. The molecule has 4 rings (SSSR count). The van der Waals surface area contributed by atoms with E-state index in [4.69, 9.17) is 4.74 Å². The maximum atomic E-state index is 14.3. The molecule has 0 radical (unpaired) electrons. The molecule has 0 saturated heterocycles. The monoisotopic (exact) mass is 511 g/mol. The zero-order valence-electron chi connectivity index (χ0n) is 18.2. The third kappa shape index (κ3) is 4.73. The van der Waals surface area contributed by atoms with Crippen molar-refractivity contribution in [3.8, 4) is 22.4 Å². The van der Waals surface area contributed by atoms with Crippen molar-refractivity contribution in [3.63, 3.8) is 0 Å². The Morgan fingerprint density at radius 2 is 1.14 bits per heavy atom. The van der Waals surface area contributed by atoms with E-state index in [0.717, 1.165) is 24.3 Å². The summed E-state index contributed by atoms with van der Waals surface area (Å²) in [6, 6.07) is 16.7. The fourth-order valence-electron chi connectivity index (χ4n) is 3.82. The van der Waals surface area contributed by atoms with Gasteiger partial charge in [-0.1, -0.05) is 42.5 Å². The Morgan fingerprint density at radius 1 is 0.639 bits per heavy atom. The summed E-state index contributed by atoms with van der Waals surface area (Å²) in [6.45, 7) is -0.989. The largest absolute Gasteiger partial charge is 0.432 e. The Kier molecular flexibility index (Phi) is 6.66. The van der Waals surface area contributed by atoms with Gasteiger partial charge in [0.1, 0.15) is 11.6 Å². The van der Waals surface area contributed by atoms with Gasteiger partial charge in [0.25, 0.3) is 5.60 Å². The van der Waals surface area contributed by atoms with E-state index in [1.807, 2.05) is 0 Å². The molecular weight excluding hydrogens is 494 g/mol. The fraction of sp³-hybridized carbons (Fsp3) is 0.154. The molecule has 0 saturated carbocycles. The number of hydrogen-bond donors (Lipinski definition) is 1. The van der Waals surface area contributed by atoms with Crippen LogP contribution >= 0.6 is 0 Å². The van der Waals surface area contributed by atoms with Crippen molar-refractivity contribution in [2.75, 3.05) is 0 Å². The molecule has 0 bridgehead atoms. The molecule has 188 valence electrons. The van der Waals surface area contributed by atoms with Gasteiger partial charge in [-0.25, -0.2) is 8.78 Å². The van der Waals surface area contributed by atoms with Crippen molar-refractivity contribution in [2.45, 2.75) is 24.6 Å². The van der Waals surface area contributed by atoms with E-state index < -0.39 is 41.9 Å². The third-order valence-corrected chi connectivity index (χ3v) is 5.58. The van der Waals surface area contributed by atoms with Crippen LogP contribution < -0.4 is 0 Å². The quantitative estimate of drug-likeness (QED) is 0.260. The van der Waals surface area contributed by atoms with Crippen molar-refractivity contribution in [3.05, 3.63) is 108 Å². The molecule has 0 unspecified atom stereocenters. The number of halogens is 8. The van der Waals surface area contributed by atoms with Gasteiger partial charge < -0.3 is 9.72 Å². The first kappa shape index (κ1) is 25.4. The maximum absolute atomic E-state index is 14.3. The fourth-order valence-corrected chi connectivity index (χ4v) is 3.82. The molecule has 1 N–H and O–H groups in total. The summed E-state index contributed by atoms with van der Waals surface area (Å²) in [5.74, 6) is -1.30.